The van der Waals surface area contributed by atoms with Gasteiger partial charge in [0, 0.05) is 5.54 Å². The summed E-state index contributed by atoms with van der Waals surface area (Å²) < 4.78 is 0. The van der Waals surface area contributed by atoms with E-state index in [0.29, 0.717) is 0 Å². The fraction of sp³-hybridized carbons (Fsp3) is 0.875. The molecule has 0 saturated heterocycles. The van der Waals surface area contributed by atoms with E-state index in [1.54, 1.807) is 0 Å². The van der Waals surface area contributed by atoms with Crippen LogP contribution in [-0.2, 0) is 9.63 Å². The van der Waals surface area contributed by atoms with Crippen molar-refractivity contribution in [3.8, 4) is 0 Å². The zero-order valence-corrected chi connectivity index (χ0v) is 7.52. The highest BCUT2D eigenvalue weighted by Gasteiger charge is 2.15. The maximum Gasteiger partial charge on any atom is 0.147 e. The normalized spacial score (nSPS) is 11.5. The Balaban J connectivity index is 3.45. The van der Waals surface area contributed by atoms with Gasteiger partial charge in [0.25, 0.3) is 0 Å². The highest BCUT2D eigenvalue weighted by Crippen LogP contribution is 2.09. The first-order valence-corrected chi connectivity index (χ1v) is 3.95. The Bertz CT molecular complexity index is 113. The second-order valence-corrected chi connectivity index (χ2v) is 3.21. The third-order valence-electron chi connectivity index (χ3n) is 1.37. The summed E-state index contributed by atoms with van der Waals surface area (Å²) in [5.74, 6) is 0. The number of hydroxylamine groups is 1. The predicted octanol–water partition coefficient (Wildman–Crippen LogP) is 1.29. The van der Waals surface area contributed by atoms with Gasteiger partial charge in [0.15, 0.2) is 0 Å². The fourth-order valence-corrected chi connectivity index (χ4v) is 0.947. The average molecular weight is 159 g/mol. The number of hydrogen-bond donors (Lipinski definition) is 1. The molecule has 0 fully saturated rings. The smallest absolute Gasteiger partial charge is 0.147 e. The zero-order chi connectivity index (χ0) is 8.74. The molecule has 0 aliphatic carbocycles. The average Bonchev–Trinajstić information content (AvgIpc) is 1.87. The van der Waals surface area contributed by atoms with E-state index in [2.05, 4.69) is 12.4 Å². The Morgan fingerprint density at radius 2 is 2.18 bits per heavy atom. The first kappa shape index (κ1) is 10.6. The molecule has 0 amide bonds. The lowest BCUT2D eigenvalue weighted by atomic mass is 10.0. The minimum atomic E-state index is -0.0300. The van der Waals surface area contributed by atoms with Crippen molar-refractivity contribution >= 4 is 6.29 Å². The largest absolute Gasteiger partial charge is 0.301 e. The highest BCUT2D eigenvalue weighted by atomic mass is 16.6. The third-order valence-corrected chi connectivity index (χ3v) is 1.37. The monoisotopic (exact) mass is 159 g/mol. The van der Waals surface area contributed by atoms with Crippen molar-refractivity contribution in [3.63, 3.8) is 0 Å². The number of hydrogen-bond acceptors (Lipinski definition) is 3. The molecule has 0 aromatic heterocycles. The van der Waals surface area contributed by atoms with Crippen LogP contribution in [0.4, 0.5) is 0 Å². The van der Waals surface area contributed by atoms with Crippen LogP contribution in [0.2, 0.25) is 0 Å². The van der Waals surface area contributed by atoms with Crippen LogP contribution >= 0.6 is 0 Å². The highest BCUT2D eigenvalue weighted by molar-refractivity contribution is 5.50. The summed E-state index contributed by atoms with van der Waals surface area (Å²) >= 11 is 0. The summed E-state index contributed by atoms with van der Waals surface area (Å²) in [6, 6.07) is 0. The Labute approximate surface area is 68.1 Å². The molecule has 11 heavy (non-hydrogen) atoms. The second-order valence-electron chi connectivity index (χ2n) is 3.21. The molecule has 0 heterocycles. The number of aldehydes is 1. The van der Waals surface area contributed by atoms with E-state index in [1.165, 1.54) is 0 Å². The van der Waals surface area contributed by atoms with Crippen LogP contribution in [0, 0.1) is 0 Å². The van der Waals surface area contributed by atoms with Crippen LogP contribution in [0.3, 0.4) is 0 Å². The Morgan fingerprint density at radius 3 is 2.64 bits per heavy atom. The first-order chi connectivity index (χ1) is 5.12. The lowest BCUT2D eigenvalue weighted by Gasteiger charge is -2.24. The van der Waals surface area contributed by atoms with Gasteiger partial charge in [-0.25, -0.2) is 0 Å². The van der Waals surface area contributed by atoms with Gasteiger partial charge in [-0.15, -0.1) is 0 Å². The molecule has 0 aromatic rings. The standard InChI is InChI=1S/C8H17NO2/c1-4-5-8(2,3)9-11-7-6-10/h6,9H,4-5,7H2,1-3H3. The van der Waals surface area contributed by atoms with Crippen LogP contribution in [0.25, 0.3) is 0 Å². The third kappa shape index (κ3) is 6.01. The van der Waals surface area contributed by atoms with Gasteiger partial charge >= 0.3 is 0 Å². The SMILES string of the molecule is CCCC(C)(C)NOCC=O. The van der Waals surface area contributed by atoms with Crippen molar-refractivity contribution in [2.75, 3.05) is 6.61 Å². The van der Waals surface area contributed by atoms with Crippen molar-refractivity contribution in [1.82, 2.24) is 5.48 Å². The molecular weight excluding hydrogens is 142 g/mol. The van der Waals surface area contributed by atoms with Gasteiger partial charge in [-0.2, -0.15) is 5.48 Å². The van der Waals surface area contributed by atoms with Gasteiger partial charge in [-0.1, -0.05) is 13.3 Å². The van der Waals surface area contributed by atoms with Crippen LogP contribution in [-0.4, -0.2) is 18.4 Å². The number of carbonyl (C=O) groups excluding carboxylic acids is 1. The molecule has 1 N–H and O–H groups in total. The van der Waals surface area contributed by atoms with E-state index in [0.717, 1.165) is 19.1 Å². The zero-order valence-electron chi connectivity index (χ0n) is 7.52. The Kier molecular flexibility index (Phi) is 5.07. The minimum absolute atomic E-state index is 0.0300. The predicted molar refractivity (Wildman–Crippen MR) is 44.1 cm³/mol. The summed E-state index contributed by atoms with van der Waals surface area (Å²) in [5, 5.41) is 0. The second kappa shape index (κ2) is 5.27. The number of rotatable bonds is 6. The molecule has 0 bridgehead atoms. The van der Waals surface area contributed by atoms with E-state index >= 15 is 0 Å². The van der Waals surface area contributed by atoms with Crippen molar-refractivity contribution in [2.24, 2.45) is 0 Å². The van der Waals surface area contributed by atoms with E-state index in [1.807, 2.05) is 13.8 Å². The molecule has 3 nitrogen and oxygen atoms in total. The lowest BCUT2D eigenvalue weighted by Crippen LogP contribution is -2.39. The van der Waals surface area contributed by atoms with Gasteiger partial charge in [0.1, 0.15) is 12.9 Å². The molecule has 0 atom stereocenters. The van der Waals surface area contributed by atoms with Crippen LogP contribution < -0.4 is 5.48 Å². The molecule has 0 aliphatic heterocycles. The fourth-order valence-electron chi connectivity index (χ4n) is 0.947. The Morgan fingerprint density at radius 1 is 1.55 bits per heavy atom. The molecule has 3 heteroatoms. The Hall–Kier alpha value is -0.410. The van der Waals surface area contributed by atoms with E-state index in [-0.39, 0.29) is 12.1 Å². The molecule has 0 rings (SSSR count). The number of nitrogens with one attached hydrogen (secondary N) is 1. The van der Waals surface area contributed by atoms with Gasteiger partial charge in [-0.05, 0) is 20.3 Å². The van der Waals surface area contributed by atoms with Crippen molar-refractivity contribution in [2.45, 2.75) is 39.2 Å². The maximum atomic E-state index is 9.88. The molecule has 66 valence electrons. The molecule has 0 spiro atoms. The lowest BCUT2D eigenvalue weighted by molar-refractivity contribution is -0.116. The van der Waals surface area contributed by atoms with E-state index < -0.39 is 0 Å². The summed E-state index contributed by atoms with van der Waals surface area (Å²) in [6.45, 7) is 6.32. The summed E-state index contributed by atoms with van der Waals surface area (Å²) in [7, 11) is 0. The molecule has 0 radical (unpaired) electrons. The van der Waals surface area contributed by atoms with E-state index in [4.69, 9.17) is 4.84 Å². The summed E-state index contributed by atoms with van der Waals surface area (Å²) in [4.78, 5) is 14.8. The number of carbonyl (C=O) groups is 1. The maximum absolute atomic E-state index is 9.88. The molecular formula is C8H17NO2. The van der Waals surface area contributed by atoms with Crippen molar-refractivity contribution in [3.05, 3.63) is 0 Å². The van der Waals surface area contributed by atoms with E-state index in [9.17, 15) is 4.79 Å². The quantitative estimate of drug-likeness (QED) is 0.360. The van der Waals surface area contributed by atoms with Crippen LogP contribution in [0.15, 0.2) is 0 Å². The van der Waals surface area contributed by atoms with Gasteiger partial charge < -0.3 is 4.79 Å². The summed E-state index contributed by atoms with van der Waals surface area (Å²) in [6.07, 6.45) is 2.87. The van der Waals surface area contributed by atoms with Crippen molar-refractivity contribution < 1.29 is 9.63 Å². The van der Waals surface area contributed by atoms with Gasteiger partial charge in [0.05, 0.1) is 0 Å². The summed E-state index contributed by atoms with van der Waals surface area (Å²) in [5.41, 5.74) is 2.80. The molecule has 0 aliphatic rings. The molecule has 0 saturated carbocycles. The molecule has 0 aromatic carbocycles. The molecule has 0 unspecified atom stereocenters. The van der Waals surface area contributed by atoms with Crippen LogP contribution in [0.1, 0.15) is 33.6 Å². The van der Waals surface area contributed by atoms with Gasteiger partial charge in [0.2, 0.25) is 0 Å². The van der Waals surface area contributed by atoms with Crippen molar-refractivity contribution in [1.29, 1.82) is 0 Å². The minimum Gasteiger partial charge on any atom is -0.301 e. The van der Waals surface area contributed by atoms with Crippen LogP contribution in [0.5, 0.6) is 0 Å². The first-order valence-electron chi connectivity index (χ1n) is 3.95. The van der Waals surface area contributed by atoms with Gasteiger partial charge in [-0.3, -0.25) is 4.84 Å². The topological polar surface area (TPSA) is 38.3 Å².